The lowest BCUT2D eigenvalue weighted by atomic mass is 9.77. The van der Waals surface area contributed by atoms with Gasteiger partial charge in [0.2, 0.25) is 0 Å². The summed E-state index contributed by atoms with van der Waals surface area (Å²) in [5.74, 6) is -0.224. The molecule has 1 aliphatic rings. The van der Waals surface area contributed by atoms with E-state index in [2.05, 4.69) is 10.3 Å². The van der Waals surface area contributed by atoms with E-state index in [1.165, 1.54) is 6.92 Å². The first-order chi connectivity index (χ1) is 13.0. The molecule has 1 aliphatic carbocycles. The quantitative estimate of drug-likeness (QED) is 0.683. The van der Waals surface area contributed by atoms with Gasteiger partial charge in [0, 0.05) is 5.69 Å². The Bertz CT molecular complexity index is 1100. The van der Waals surface area contributed by atoms with E-state index in [0.29, 0.717) is 28.1 Å². The summed E-state index contributed by atoms with van der Waals surface area (Å²) in [6.45, 7) is 1.36. The van der Waals surface area contributed by atoms with Crippen molar-refractivity contribution in [3.8, 4) is 0 Å². The minimum Gasteiger partial charge on any atom is -0.322 e. The number of hydrogen-bond donors (Lipinski definition) is 2. The largest absolute Gasteiger partial charge is 0.322 e. The maximum atomic E-state index is 13.1. The number of ketones is 1. The Hall–Kier alpha value is -3.21. The standard InChI is InChI=1S/C22H20N2O3/c1-13(25)18-12-15-10-11-17(14-6-5-7-14)19(20(15)24-21(18)26)22(27)23-16-8-3-2-4-9-16/h2-4,8-12,14H,5-7H2,1H3,(H,23,27)(H,24,26). The van der Waals surface area contributed by atoms with Gasteiger partial charge < -0.3 is 10.3 Å². The van der Waals surface area contributed by atoms with E-state index in [0.717, 1.165) is 24.8 Å². The van der Waals surface area contributed by atoms with Crippen molar-refractivity contribution in [2.45, 2.75) is 32.1 Å². The third-order valence-electron chi connectivity index (χ3n) is 5.24. The molecule has 0 aliphatic heterocycles. The Labute approximate surface area is 156 Å². The normalized spacial score (nSPS) is 14.0. The zero-order valence-electron chi connectivity index (χ0n) is 15.0. The number of pyridine rings is 1. The zero-order valence-corrected chi connectivity index (χ0v) is 15.0. The number of aromatic nitrogens is 1. The average molecular weight is 360 g/mol. The van der Waals surface area contributed by atoms with Crippen LogP contribution < -0.4 is 10.9 Å². The smallest absolute Gasteiger partial charge is 0.259 e. The molecular weight excluding hydrogens is 340 g/mol. The van der Waals surface area contributed by atoms with Gasteiger partial charge in [0.25, 0.3) is 11.5 Å². The van der Waals surface area contributed by atoms with Gasteiger partial charge in [0.1, 0.15) is 0 Å². The first-order valence-electron chi connectivity index (χ1n) is 9.12. The molecule has 0 saturated heterocycles. The summed E-state index contributed by atoms with van der Waals surface area (Å²) < 4.78 is 0. The molecule has 1 saturated carbocycles. The number of Topliss-reactive ketones (excluding diaryl/α,β-unsaturated/α-hetero) is 1. The molecule has 0 radical (unpaired) electrons. The highest BCUT2D eigenvalue weighted by molar-refractivity contribution is 6.13. The van der Waals surface area contributed by atoms with E-state index in [4.69, 9.17) is 0 Å². The molecule has 136 valence electrons. The molecular formula is C22H20N2O3. The van der Waals surface area contributed by atoms with Crippen molar-refractivity contribution >= 4 is 28.3 Å². The molecule has 2 N–H and O–H groups in total. The number of rotatable bonds is 4. The fourth-order valence-corrected chi connectivity index (χ4v) is 3.57. The second kappa shape index (κ2) is 6.83. The first kappa shape index (κ1) is 17.2. The molecule has 1 heterocycles. The van der Waals surface area contributed by atoms with Gasteiger partial charge >= 0.3 is 0 Å². The predicted molar refractivity (Wildman–Crippen MR) is 106 cm³/mol. The number of fused-ring (bicyclic) bond motifs is 1. The number of carbonyl (C=O) groups excluding carboxylic acids is 2. The molecule has 0 unspecified atom stereocenters. The van der Waals surface area contributed by atoms with Crippen LogP contribution >= 0.6 is 0 Å². The monoisotopic (exact) mass is 360 g/mol. The van der Waals surface area contributed by atoms with Crippen LogP contribution in [0.2, 0.25) is 0 Å². The van der Waals surface area contributed by atoms with E-state index in [9.17, 15) is 14.4 Å². The van der Waals surface area contributed by atoms with Crippen molar-refractivity contribution < 1.29 is 9.59 Å². The van der Waals surface area contributed by atoms with Crippen molar-refractivity contribution in [1.29, 1.82) is 0 Å². The molecule has 0 spiro atoms. The number of H-pyrrole nitrogens is 1. The highest BCUT2D eigenvalue weighted by Gasteiger charge is 2.27. The van der Waals surface area contributed by atoms with E-state index in [1.807, 2.05) is 42.5 Å². The van der Waals surface area contributed by atoms with E-state index in [1.54, 1.807) is 6.07 Å². The van der Waals surface area contributed by atoms with Crippen LogP contribution in [0.4, 0.5) is 5.69 Å². The fourth-order valence-electron chi connectivity index (χ4n) is 3.57. The highest BCUT2D eigenvalue weighted by atomic mass is 16.2. The van der Waals surface area contributed by atoms with Crippen molar-refractivity contribution in [3.63, 3.8) is 0 Å². The second-order valence-corrected chi connectivity index (χ2v) is 7.01. The number of anilines is 1. The first-order valence-corrected chi connectivity index (χ1v) is 9.12. The van der Waals surface area contributed by atoms with Crippen LogP contribution in [0.15, 0.2) is 53.3 Å². The third-order valence-corrected chi connectivity index (χ3v) is 5.24. The molecule has 3 aromatic rings. The summed E-state index contributed by atoms with van der Waals surface area (Å²) in [5, 5.41) is 3.60. The maximum absolute atomic E-state index is 13.1. The lowest BCUT2D eigenvalue weighted by Crippen LogP contribution is -2.22. The number of benzene rings is 2. The third kappa shape index (κ3) is 3.16. The van der Waals surface area contributed by atoms with Crippen LogP contribution in [-0.2, 0) is 0 Å². The summed E-state index contributed by atoms with van der Waals surface area (Å²) in [6.07, 6.45) is 3.21. The van der Waals surface area contributed by atoms with Crippen molar-refractivity contribution in [2.24, 2.45) is 0 Å². The Kier molecular flexibility index (Phi) is 4.36. The molecule has 4 rings (SSSR count). The molecule has 1 amide bonds. The minimum absolute atomic E-state index is 0.105. The topological polar surface area (TPSA) is 79.0 Å². The van der Waals surface area contributed by atoms with Gasteiger partial charge in [-0.05, 0) is 54.8 Å². The molecule has 5 heteroatoms. The zero-order chi connectivity index (χ0) is 19.0. The van der Waals surface area contributed by atoms with Crippen LogP contribution in [-0.4, -0.2) is 16.7 Å². The predicted octanol–water partition coefficient (Wildman–Crippen LogP) is 4.25. The van der Waals surface area contributed by atoms with Gasteiger partial charge in [-0.1, -0.05) is 36.8 Å². The maximum Gasteiger partial charge on any atom is 0.259 e. The number of hydrogen-bond acceptors (Lipinski definition) is 3. The Balaban J connectivity index is 1.88. The molecule has 0 atom stereocenters. The van der Waals surface area contributed by atoms with Gasteiger partial charge in [-0.3, -0.25) is 14.4 Å². The van der Waals surface area contributed by atoms with E-state index in [-0.39, 0.29) is 17.3 Å². The van der Waals surface area contributed by atoms with Crippen molar-refractivity contribution in [3.05, 3.63) is 75.6 Å². The minimum atomic E-state index is -0.463. The molecule has 5 nitrogen and oxygen atoms in total. The van der Waals surface area contributed by atoms with Gasteiger partial charge in [0.15, 0.2) is 5.78 Å². The van der Waals surface area contributed by atoms with Crippen molar-refractivity contribution in [2.75, 3.05) is 5.32 Å². The lowest BCUT2D eigenvalue weighted by molar-refractivity contribution is 0.101. The summed E-state index contributed by atoms with van der Waals surface area (Å²) in [5.41, 5.74) is 2.27. The van der Waals surface area contributed by atoms with Gasteiger partial charge in [-0.2, -0.15) is 0 Å². The number of para-hydroxylation sites is 1. The SMILES string of the molecule is CC(=O)c1cc2ccc(C3CCC3)c(C(=O)Nc3ccccc3)c2[nH]c1=O. The van der Waals surface area contributed by atoms with Crippen LogP contribution in [0.1, 0.15) is 58.4 Å². The Morgan fingerprint density at radius 2 is 1.81 bits per heavy atom. The average Bonchev–Trinajstić information content (AvgIpc) is 2.60. The number of amides is 1. The van der Waals surface area contributed by atoms with Crippen molar-refractivity contribution in [1.82, 2.24) is 4.98 Å². The molecule has 27 heavy (non-hydrogen) atoms. The highest BCUT2D eigenvalue weighted by Crippen LogP contribution is 2.39. The van der Waals surface area contributed by atoms with E-state index < -0.39 is 5.56 Å². The molecule has 0 bridgehead atoms. The van der Waals surface area contributed by atoms with Crippen LogP contribution in [0.5, 0.6) is 0 Å². The lowest BCUT2D eigenvalue weighted by Gasteiger charge is -2.28. The molecule has 1 aromatic heterocycles. The number of aromatic amines is 1. The summed E-state index contributed by atoms with van der Waals surface area (Å²) in [7, 11) is 0. The Morgan fingerprint density at radius 1 is 1.07 bits per heavy atom. The number of nitrogens with one attached hydrogen (secondary N) is 2. The van der Waals surface area contributed by atoms with Gasteiger partial charge in [0.05, 0.1) is 16.6 Å². The summed E-state index contributed by atoms with van der Waals surface area (Å²) in [6, 6.07) is 14.6. The second-order valence-electron chi connectivity index (χ2n) is 7.01. The van der Waals surface area contributed by atoms with Crippen LogP contribution in [0.3, 0.4) is 0 Å². The summed E-state index contributed by atoms with van der Waals surface area (Å²) >= 11 is 0. The number of carbonyl (C=O) groups is 2. The fraction of sp³-hybridized carbons (Fsp3) is 0.227. The van der Waals surface area contributed by atoms with Crippen LogP contribution in [0.25, 0.3) is 10.9 Å². The Morgan fingerprint density at radius 3 is 2.44 bits per heavy atom. The molecule has 1 fully saturated rings. The van der Waals surface area contributed by atoms with Gasteiger partial charge in [-0.25, -0.2) is 0 Å². The van der Waals surface area contributed by atoms with E-state index >= 15 is 0 Å². The van der Waals surface area contributed by atoms with Gasteiger partial charge in [-0.15, -0.1) is 0 Å². The molecule has 2 aromatic carbocycles. The van der Waals surface area contributed by atoms with Crippen LogP contribution in [0, 0.1) is 0 Å². The summed E-state index contributed by atoms with van der Waals surface area (Å²) in [4.78, 5) is 40.0.